The maximum Gasteiger partial charge on any atom is 0.270 e. The van der Waals surface area contributed by atoms with Crippen molar-refractivity contribution in [3.8, 4) is 11.1 Å². The van der Waals surface area contributed by atoms with Gasteiger partial charge in [0.15, 0.2) is 0 Å². The summed E-state index contributed by atoms with van der Waals surface area (Å²) >= 11 is 0. The van der Waals surface area contributed by atoms with E-state index in [1.807, 2.05) is 13.8 Å². The van der Waals surface area contributed by atoms with Crippen molar-refractivity contribution in [2.45, 2.75) is 91.0 Å². The zero-order chi connectivity index (χ0) is 32.5. The Hall–Kier alpha value is -3.45. The van der Waals surface area contributed by atoms with Crippen molar-refractivity contribution in [1.29, 1.82) is 0 Å². The lowest BCUT2D eigenvalue weighted by Gasteiger charge is -2.27. The molecule has 10 nitrogen and oxygen atoms in total. The van der Waals surface area contributed by atoms with Gasteiger partial charge in [0.25, 0.3) is 5.91 Å². The third-order valence-electron chi connectivity index (χ3n) is 8.79. The predicted molar refractivity (Wildman–Crippen MR) is 171 cm³/mol. The number of pyridine rings is 1. The summed E-state index contributed by atoms with van der Waals surface area (Å²) in [5.74, 6) is -1.01. The molecule has 2 aliphatic carbocycles. The third kappa shape index (κ3) is 7.86. The molecule has 2 atom stereocenters. The molecule has 0 bridgehead atoms. The van der Waals surface area contributed by atoms with Crippen molar-refractivity contribution in [2.24, 2.45) is 17.8 Å². The van der Waals surface area contributed by atoms with Crippen LogP contribution in [0.1, 0.15) is 60.5 Å². The van der Waals surface area contributed by atoms with Gasteiger partial charge in [0.2, 0.25) is 11.9 Å². The maximum atomic E-state index is 15.5. The minimum absolute atomic E-state index is 0.0443. The highest BCUT2D eigenvalue weighted by molar-refractivity contribution is 6.76. The highest BCUT2D eigenvalue weighted by atomic mass is 28.3. The van der Waals surface area contributed by atoms with Crippen molar-refractivity contribution in [3.63, 3.8) is 0 Å². The maximum absolute atomic E-state index is 15.5. The summed E-state index contributed by atoms with van der Waals surface area (Å²) < 4.78 is 37.9. The van der Waals surface area contributed by atoms with E-state index in [0.717, 1.165) is 37.4 Å². The number of hydrogen-bond donors (Lipinski definition) is 2. The fourth-order valence-electron chi connectivity index (χ4n) is 5.99. The highest BCUT2D eigenvalue weighted by Crippen LogP contribution is 2.51. The average molecular weight is 642 g/mol. The van der Waals surface area contributed by atoms with E-state index in [0.29, 0.717) is 29.7 Å². The molecule has 0 aromatic carbocycles. The molecule has 5 rings (SSSR count). The van der Waals surface area contributed by atoms with Gasteiger partial charge in [0, 0.05) is 37.7 Å². The second-order valence-corrected chi connectivity index (χ2v) is 19.4. The number of aryl methyl sites for hydroxylation is 1. The smallest absolute Gasteiger partial charge is 0.270 e. The summed E-state index contributed by atoms with van der Waals surface area (Å²) in [6, 6.07) is 4.24. The summed E-state index contributed by atoms with van der Waals surface area (Å²) in [4.78, 5) is 31.2. The molecule has 0 saturated heterocycles. The van der Waals surface area contributed by atoms with Crippen LogP contribution in [0.15, 0.2) is 24.4 Å². The van der Waals surface area contributed by atoms with Crippen molar-refractivity contribution in [2.75, 3.05) is 18.6 Å². The first-order chi connectivity index (χ1) is 21.4. The quantitative estimate of drug-likeness (QED) is 0.121. The largest absolute Gasteiger partial charge is 0.360 e. The molecule has 1 unspecified atom stereocenters. The molecule has 0 spiro atoms. The van der Waals surface area contributed by atoms with Crippen molar-refractivity contribution < 1.29 is 23.1 Å². The van der Waals surface area contributed by atoms with Crippen LogP contribution in [0.4, 0.5) is 14.6 Å². The number of hydrogen-bond acceptors (Lipinski definition) is 6. The molecular formula is C32H45F2N7O3Si. The van der Waals surface area contributed by atoms with Crippen LogP contribution in [0.25, 0.3) is 11.1 Å². The molecule has 2 saturated carbocycles. The Morgan fingerprint density at radius 2 is 1.80 bits per heavy atom. The molecule has 244 valence electrons. The molecule has 3 aromatic heterocycles. The van der Waals surface area contributed by atoms with Crippen LogP contribution in [-0.2, 0) is 16.3 Å². The molecular weight excluding hydrogens is 596 g/mol. The van der Waals surface area contributed by atoms with Crippen LogP contribution in [-0.4, -0.2) is 63.8 Å². The number of carbonyl (C=O) groups is 2. The van der Waals surface area contributed by atoms with E-state index in [1.54, 1.807) is 23.7 Å². The molecule has 2 N–H and O–H groups in total. The number of anilines is 1. The molecule has 45 heavy (non-hydrogen) atoms. The summed E-state index contributed by atoms with van der Waals surface area (Å²) in [6.07, 6.45) is 5.42. The number of rotatable bonds is 15. The Kier molecular flexibility index (Phi) is 9.87. The van der Waals surface area contributed by atoms with Crippen LogP contribution in [0.5, 0.6) is 0 Å². The second-order valence-electron chi connectivity index (χ2n) is 13.8. The normalized spacial score (nSPS) is 16.6. The SMILES string of the molecule is Cc1nn(COCC[Si](C)(C)C)c(C)c1-c1ccc(NC(=O)[C@@H](NC(=O)c2ccnn2C(C)CF)C(C2CC2)C2CC2)nc1F. The van der Waals surface area contributed by atoms with Crippen molar-refractivity contribution >= 4 is 25.7 Å². The van der Waals surface area contributed by atoms with Crippen molar-refractivity contribution in [1.82, 2.24) is 29.9 Å². The summed E-state index contributed by atoms with van der Waals surface area (Å²) in [5.41, 5.74) is 2.52. The van der Waals surface area contributed by atoms with Gasteiger partial charge in [-0.3, -0.25) is 14.3 Å². The molecule has 3 heterocycles. The van der Waals surface area contributed by atoms with Crippen LogP contribution < -0.4 is 10.6 Å². The predicted octanol–water partition coefficient (Wildman–Crippen LogP) is 5.91. The van der Waals surface area contributed by atoms with E-state index in [2.05, 4.69) is 45.5 Å². The standard InChI is InChI=1S/C32H45F2N7O3Si/c1-19(17-33)41-25(13-14-35-41)31(42)38-29(28(22-7-8-22)23-9-10-23)32(43)37-26-12-11-24(30(34)36-26)27-20(2)39-40(21(27)3)18-44-15-16-45(4,5)6/h11-14,19,22-23,28-29H,7-10,15-18H2,1-6H3,(H,38,42)(H,36,37,43)/t19?,29-/m0/s1. The third-order valence-corrected chi connectivity index (χ3v) is 10.5. The topological polar surface area (TPSA) is 116 Å². The summed E-state index contributed by atoms with van der Waals surface area (Å²) in [6.45, 7) is 12.5. The van der Waals surface area contributed by atoms with Gasteiger partial charge in [-0.1, -0.05) is 19.6 Å². The zero-order valence-electron chi connectivity index (χ0n) is 27.1. The Bertz CT molecular complexity index is 1520. The van der Waals surface area contributed by atoms with Crippen LogP contribution in [0.3, 0.4) is 0 Å². The van der Waals surface area contributed by atoms with Gasteiger partial charge in [-0.2, -0.15) is 14.6 Å². The second kappa shape index (κ2) is 13.5. The van der Waals surface area contributed by atoms with E-state index >= 15 is 4.39 Å². The molecule has 13 heteroatoms. The van der Waals surface area contributed by atoms with Gasteiger partial charge in [0.05, 0.1) is 11.7 Å². The fraction of sp³-hybridized carbons (Fsp3) is 0.594. The minimum atomic E-state index is -1.22. The van der Waals surface area contributed by atoms with Gasteiger partial charge in [-0.25, -0.2) is 14.1 Å². The van der Waals surface area contributed by atoms with Crippen LogP contribution in [0, 0.1) is 37.5 Å². The molecule has 2 fully saturated rings. The minimum Gasteiger partial charge on any atom is -0.360 e. The highest BCUT2D eigenvalue weighted by Gasteiger charge is 2.48. The average Bonchev–Trinajstić information content (AvgIpc) is 3.92. The van der Waals surface area contributed by atoms with Crippen LogP contribution in [0.2, 0.25) is 25.7 Å². The van der Waals surface area contributed by atoms with E-state index in [1.165, 1.54) is 16.9 Å². The number of aromatic nitrogens is 5. The Balaban J connectivity index is 1.32. The van der Waals surface area contributed by atoms with Gasteiger partial charge in [-0.05, 0) is 88.5 Å². The molecule has 2 amide bonds. The molecule has 2 aliphatic rings. The number of nitrogens with zero attached hydrogens (tertiary/aromatic N) is 5. The Morgan fingerprint density at radius 3 is 2.40 bits per heavy atom. The number of nitrogens with one attached hydrogen (secondary N) is 2. The number of amides is 2. The van der Waals surface area contributed by atoms with Gasteiger partial charge < -0.3 is 15.4 Å². The first kappa shape index (κ1) is 32.9. The number of ether oxygens (including phenoxy) is 1. The Labute approximate surface area is 264 Å². The summed E-state index contributed by atoms with van der Waals surface area (Å²) in [5, 5.41) is 14.4. The first-order valence-electron chi connectivity index (χ1n) is 15.9. The van der Waals surface area contributed by atoms with Gasteiger partial charge in [0.1, 0.15) is 31.0 Å². The monoisotopic (exact) mass is 641 g/mol. The van der Waals surface area contributed by atoms with Crippen molar-refractivity contribution in [3.05, 3.63) is 47.4 Å². The molecule has 3 aromatic rings. The Morgan fingerprint density at radius 1 is 1.11 bits per heavy atom. The number of carbonyl (C=O) groups excluding carboxylic acids is 2. The summed E-state index contributed by atoms with van der Waals surface area (Å²) in [7, 11) is -1.22. The lowest BCUT2D eigenvalue weighted by Crippen LogP contribution is -2.50. The van der Waals surface area contributed by atoms with E-state index < -0.39 is 44.6 Å². The lowest BCUT2D eigenvalue weighted by atomic mass is 9.88. The number of alkyl halides is 1. The van der Waals surface area contributed by atoms with Crippen LogP contribution >= 0.6 is 0 Å². The molecule has 0 radical (unpaired) electrons. The van der Waals surface area contributed by atoms with Gasteiger partial charge in [-0.15, -0.1) is 0 Å². The zero-order valence-corrected chi connectivity index (χ0v) is 28.1. The lowest BCUT2D eigenvalue weighted by molar-refractivity contribution is -0.119. The van der Waals surface area contributed by atoms with E-state index in [4.69, 9.17) is 4.74 Å². The van der Waals surface area contributed by atoms with E-state index in [-0.39, 0.29) is 29.7 Å². The first-order valence-corrected chi connectivity index (χ1v) is 19.6. The van der Waals surface area contributed by atoms with Gasteiger partial charge >= 0.3 is 0 Å². The number of halogens is 2. The fourth-order valence-corrected chi connectivity index (χ4v) is 6.75. The molecule has 0 aliphatic heterocycles. The van der Waals surface area contributed by atoms with E-state index in [9.17, 15) is 14.0 Å².